The van der Waals surface area contributed by atoms with Gasteiger partial charge in [-0.1, -0.05) is 29.5 Å². The number of piperidine rings is 1. The second kappa shape index (κ2) is 7.57. The molecule has 1 atom stereocenters. The molecule has 2 heterocycles. The van der Waals surface area contributed by atoms with Gasteiger partial charge in [0, 0.05) is 19.2 Å². The van der Waals surface area contributed by atoms with Crippen LogP contribution in [0.2, 0.25) is 0 Å². The summed E-state index contributed by atoms with van der Waals surface area (Å²) in [7, 11) is 0. The molecule has 0 radical (unpaired) electrons. The van der Waals surface area contributed by atoms with Gasteiger partial charge in [0.1, 0.15) is 0 Å². The first kappa shape index (κ1) is 16.6. The summed E-state index contributed by atoms with van der Waals surface area (Å²) in [5.74, 6) is -0.0795. The fourth-order valence-corrected chi connectivity index (χ4v) is 3.30. The number of aliphatic hydroxyl groups excluding tert-OH is 1. The van der Waals surface area contributed by atoms with Crippen molar-refractivity contribution in [2.75, 3.05) is 13.2 Å². The topological polar surface area (TPSA) is 71.2 Å². The summed E-state index contributed by atoms with van der Waals surface area (Å²) in [6.45, 7) is 3.50. The van der Waals surface area contributed by atoms with Gasteiger partial charge in [-0.3, -0.25) is 4.79 Å². The highest BCUT2D eigenvalue weighted by molar-refractivity contribution is 5.92. The van der Waals surface area contributed by atoms with Crippen molar-refractivity contribution in [2.45, 2.75) is 45.2 Å². The van der Waals surface area contributed by atoms with E-state index < -0.39 is 0 Å². The van der Waals surface area contributed by atoms with Gasteiger partial charge in [-0.05, 0) is 43.7 Å². The van der Waals surface area contributed by atoms with Crippen LogP contribution in [0.4, 0.5) is 0 Å². The van der Waals surface area contributed by atoms with Crippen molar-refractivity contribution in [3.8, 4) is 0 Å². The molecule has 1 aromatic heterocycles. The van der Waals surface area contributed by atoms with Crippen molar-refractivity contribution in [3.05, 3.63) is 47.3 Å². The first-order valence-corrected chi connectivity index (χ1v) is 8.55. The first-order valence-electron chi connectivity index (χ1n) is 8.55. The third kappa shape index (κ3) is 3.64. The quantitative estimate of drug-likeness (QED) is 0.911. The highest BCUT2D eigenvalue weighted by Crippen LogP contribution is 2.21. The molecule has 1 N–H and O–H groups in total. The highest BCUT2D eigenvalue weighted by atomic mass is 16.3. The van der Waals surface area contributed by atoms with E-state index in [1.807, 2.05) is 17.0 Å². The number of carbonyl (C=O) groups excluding carboxylic acids is 1. The number of likely N-dealkylation sites (tertiary alicyclic amines) is 1. The van der Waals surface area contributed by atoms with Crippen LogP contribution in [0.15, 0.2) is 30.5 Å². The summed E-state index contributed by atoms with van der Waals surface area (Å²) >= 11 is 0. The number of aliphatic hydroxyl groups is 1. The summed E-state index contributed by atoms with van der Waals surface area (Å²) < 4.78 is 1.71. The standard InChI is InChI=1S/C18H24N4O2/c1-14-6-2-3-7-15(14)12-21-13-17(19-20-21)18(24)22-10-5-4-8-16(22)9-11-23/h2-3,6-7,13,16,23H,4-5,8-12H2,1H3/t16-/m1/s1. The number of carbonyl (C=O) groups is 1. The van der Waals surface area contributed by atoms with Crippen LogP contribution in [0, 0.1) is 6.92 Å². The van der Waals surface area contributed by atoms with Crippen LogP contribution in [0.5, 0.6) is 0 Å². The number of nitrogens with zero attached hydrogens (tertiary/aromatic N) is 4. The average Bonchev–Trinajstić information content (AvgIpc) is 3.06. The minimum atomic E-state index is -0.0795. The molecule has 6 nitrogen and oxygen atoms in total. The Morgan fingerprint density at radius 1 is 1.33 bits per heavy atom. The Balaban J connectivity index is 1.72. The van der Waals surface area contributed by atoms with Crippen LogP contribution < -0.4 is 0 Å². The lowest BCUT2D eigenvalue weighted by molar-refractivity contribution is 0.0568. The van der Waals surface area contributed by atoms with Crippen molar-refractivity contribution in [3.63, 3.8) is 0 Å². The van der Waals surface area contributed by atoms with E-state index in [4.69, 9.17) is 0 Å². The van der Waals surface area contributed by atoms with E-state index in [1.54, 1.807) is 10.9 Å². The average molecular weight is 328 g/mol. The predicted molar refractivity (Wildman–Crippen MR) is 90.7 cm³/mol. The molecule has 0 unspecified atom stereocenters. The molecule has 128 valence electrons. The minimum absolute atomic E-state index is 0.0795. The molecule has 0 bridgehead atoms. The molecule has 6 heteroatoms. The smallest absolute Gasteiger partial charge is 0.276 e. The molecule has 1 aromatic carbocycles. The van der Waals surface area contributed by atoms with Crippen LogP contribution in [-0.4, -0.2) is 50.1 Å². The van der Waals surface area contributed by atoms with Gasteiger partial charge < -0.3 is 10.0 Å². The first-order chi connectivity index (χ1) is 11.7. The lowest BCUT2D eigenvalue weighted by Gasteiger charge is -2.35. The molecule has 1 fully saturated rings. The molecular weight excluding hydrogens is 304 g/mol. The number of hydrogen-bond donors (Lipinski definition) is 1. The maximum Gasteiger partial charge on any atom is 0.276 e. The van der Waals surface area contributed by atoms with Gasteiger partial charge in [0.2, 0.25) is 0 Å². The largest absolute Gasteiger partial charge is 0.396 e. The summed E-state index contributed by atoms with van der Waals surface area (Å²) in [5, 5.41) is 17.4. The van der Waals surface area contributed by atoms with Crippen molar-refractivity contribution in [1.82, 2.24) is 19.9 Å². The number of aryl methyl sites for hydroxylation is 1. The van der Waals surface area contributed by atoms with Gasteiger partial charge in [0.25, 0.3) is 5.91 Å². The van der Waals surface area contributed by atoms with Crippen LogP contribution >= 0.6 is 0 Å². The van der Waals surface area contributed by atoms with E-state index in [0.29, 0.717) is 18.7 Å². The van der Waals surface area contributed by atoms with E-state index in [-0.39, 0.29) is 18.6 Å². The van der Waals surface area contributed by atoms with Gasteiger partial charge in [-0.2, -0.15) is 0 Å². The van der Waals surface area contributed by atoms with Crippen LogP contribution in [0.3, 0.4) is 0 Å². The normalized spacial score (nSPS) is 17.9. The molecule has 0 spiro atoms. The number of hydrogen-bond acceptors (Lipinski definition) is 4. The van der Waals surface area contributed by atoms with Crippen LogP contribution in [0.25, 0.3) is 0 Å². The predicted octanol–water partition coefficient (Wildman–Crippen LogP) is 2.01. The molecule has 24 heavy (non-hydrogen) atoms. The Kier molecular flexibility index (Phi) is 5.25. The van der Waals surface area contributed by atoms with Crippen molar-refractivity contribution in [2.24, 2.45) is 0 Å². The fraction of sp³-hybridized carbons (Fsp3) is 0.500. The summed E-state index contributed by atoms with van der Waals surface area (Å²) in [6.07, 6.45) is 5.41. The van der Waals surface area contributed by atoms with Crippen molar-refractivity contribution < 1.29 is 9.90 Å². The zero-order valence-corrected chi connectivity index (χ0v) is 14.1. The van der Waals surface area contributed by atoms with Gasteiger partial charge in [0.15, 0.2) is 5.69 Å². The minimum Gasteiger partial charge on any atom is -0.396 e. The third-order valence-electron chi connectivity index (χ3n) is 4.70. The maximum absolute atomic E-state index is 12.7. The van der Waals surface area contributed by atoms with Gasteiger partial charge in [0.05, 0.1) is 12.7 Å². The van der Waals surface area contributed by atoms with E-state index in [9.17, 15) is 9.90 Å². The monoisotopic (exact) mass is 328 g/mol. The van der Waals surface area contributed by atoms with E-state index in [0.717, 1.165) is 31.4 Å². The molecule has 1 aliphatic heterocycles. The summed E-state index contributed by atoms with van der Waals surface area (Å²) in [5.41, 5.74) is 2.74. The van der Waals surface area contributed by atoms with Gasteiger partial charge in [-0.15, -0.1) is 5.10 Å². The van der Waals surface area contributed by atoms with E-state index in [2.05, 4.69) is 29.4 Å². The SMILES string of the molecule is Cc1ccccc1Cn1cc(C(=O)N2CCCC[C@@H]2CCO)nn1. The Labute approximate surface area is 142 Å². The molecule has 2 aromatic rings. The molecule has 1 amide bonds. The zero-order chi connectivity index (χ0) is 16.9. The lowest BCUT2D eigenvalue weighted by atomic mass is 9.99. The summed E-state index contributed by atoms with van der Waals surface area (Å²) in [6, 6.07) is 8.23. The number of benzene rings is 1. The van der Waals surface area contributed by atoms with E-state index >= 15 is 0 Å². The molecule has 0 aliphatic carbocycles. The Hall–Kier alpha value is -2.21. The third-order valence-corrected chi connectivity index (χ3v) is 4.70. The molecule has 1 aliphatic rings. The van der Waals surface area contributed by atoms with E-state index in [1.165, 1.54) is 5.56 Å². The number of amides is 1. The maximum atomic E-state index is 12.7. The van der Waals surface area contributed by atoms with Crippen molar-refractivity contribution in [1.29, 1.82) is 0 Å². The van der Waals surface area contributed by atoms with Crippen molar-refractivity contribution >= 4 is 5.91 Å². The number of rotatable bonds is 5. The lowest BCUT2D eigenvalue weighted by Crippen LogP contribution is -2.44. The molecule has 1 saturated heterocycles. The summed E-state index contributed by atoms with van der Waals surface area (Å²) in [4.78, 5) is 14.6. The highest BCUT2D eigenvalue weighted by Gasteiger charge is 2.28. The second-order valence-corrected chi connectivity index (χ2v) is 6.39. The fourth-order valence-electron chi connectivity index (χ4n) is 3.30. The van der Waals surface area contributed by atoms with Crippen LogP contribution in [-0.2, 0) is 6.54 Å². The zero-order valence-electron chi connectivity index (χ0n) is 14.1. The number of aromatic nitrogens is 3. The molecule has 3 rings (SSSR count). The van der Waals surface area contributed by atoms with Gasteiger partial charge >= 0.3 is 0 Å². The van der Waals surface area contributed by atoms with Gasteiger partial charge in [-0.25, -0.2) is 4.68 Å². The molecular formula is C18H24N4O2. The Morgan fingerprint density at radius 2 is 2.17 bits per heavy atom. The Bertz CT molecular complexity index is 696. The second-order valence-electron chi connectivity index (χ2n) is 6.39. The Morgan fingerprint density at radius 3 is 2.96 bits per heavy atom. The molecule has 0 saturated carbocycles. The van der Waals surface area contributed by atoms with Crippen LogP contribution in [0.1, 0.15) is 47.3 Å².